The summed E-state index contributed by atoms with van der Waals surface area (Å²) in [6.45, 7) is 0.295. The van der Waals surface area contributed by atoms with Gasteiger partial charge in [0.1, 0.15) is 17.3 Å². The average Bonchev–Trinajstić information content (AvgIpc) is 2.99. The monoisotopic (exact) mass is 490 g/mol. The highest BCUT2D eigenvalue weighted by atomic mass is 19.1. The SMILES string of the molecule is COc1cc(CCNC(=O)NC2N=C(c3ccccc3F)c3ccccc3N(C)C2=O)cc(OC)c1. The molecular formula is C27H27FN4O4. The summed E-state index contributed by atoms with van der Waals surface area (Å²) < 4.78 is 25.3. The first-order valence-electron chi connectivity index (χ1n) is 11.4. The van der Waals surface area contributed by atoms with Crippen molar-refractivity contribution in [1.29, 1.82) is 0 Å². The lowest BCUT2D eigenvalue weighted by Crippen LogP contribution is -2.49. The van der Waals surface area contributed by atoms with Gasteiger partial charge < -0.3 is 25.0 Å². The molecule has 1 unspecified atom stereocenters. The summed E-state index contributed by atoms with van der Waals surface area (Å²) in [4.78, 5) is 31.8. The lowest BCUT2D eigenvalue weighted by molar-refractivity contribution is -0.119. The number of anilines is 1. The Kier molecular flexibility index (Phi) is 7.48. The van der Waals surface area contributed by atoms with Gasteiger partial charge in [-0.15, -0.1) is 0 Å². The number of fused-ring (bicyclic) bond motifs is 1. The lowest BCUT2D eigenvalue weighted by Gasteiger charge is -2.21. The standard InChI is InChI=1S/C27H27FN4O4/c1-32-23-11-7-5-9-21(23)24(20-8-4-6-10-22(20)28)30-25(26(32)33)31-27(34)29-13-12-17-14-18(35-2)16-19(15-17)36-3/h4-11,14-16,25H,12-13H2,1-3H3,(H2,29,31,34). The number of aliphatic imine (C=N–C) groups is 1. The van der Waals surface area contributed by atoms with E-state index in [0.717, 1.165) is 5.56 Å². The van der Waals surface area contributed by atoms with Crippen LogP contribution in [0.4, 0.5) is 14.9 Å². The third-order valence-corrected chi connectivity index (χ3v) is 5.85. The molecule has 1 aliphatic rings. The van der Waals surface area contributed by atoms with E-state index in [2.05, 4.69) is 15.6 Å². The quantitative estimate of drug-likeness (QED) is 0.530. The number of benzene rings is 3. The molecule has 0 fully saturated rings. The highest BCUT2D eigenvalue weighted by molar-refractivity contribution is 6.20. The van der Waals surface area contributed by atoms with E-state index >= 15 is 0 Å². The van der Waals surface area contributed by atoms with Gasteiger partial charge in [-0.3, -0.25) is 4.79 Å². The van der Waals surface area contributed by atoms with Gasteiger partial charge in [0.15, 0.2) is 0 Å². The predicted octanol–water partition coefficient (Wildman–Crippen LogP) is 3.52. The third-order valence-electron chi connectivity index (χ3n) is 5.85. The van der Waals surface area contributed by atoms with Crippen LogP contribution in [0.5, 0.6) is 11.5 Å². The largest absolute Gasteiger partial charge is 0.497 e. The molecule has 3 amide bonds. The number of carbonyl (C=O) groups excluding carboxylic acids is 2. The van der Waals surface area contributed by atoms with Crippen molar-refractivity contribution in [2.24, 2.45) is 4.99 Å². The van der Waals surface area contributed by atoms with Crippen LogP contribution in [0.1, 0.15) is 16.7 Å². The Morgan fingerprint density at radius 2 is 1.64 bits per heavy atom. The molecule has 36 heavy (non-hydrogen) atoms. The van der Waals surface area contributed by atoms with Crippen LogP contribution in [0.3, 0.4) is 0 Å². The van der Waals surface area contributed by atoms with Crippen molar-refractivity contribution in [3.05, 3.63) is 89.2 Å². The van der Waals surface area contributed by atoms with Gasteiger partial charge in [0.25, 0.3) is 5.91 Å². The number of likely N-dealkylation sites (N-methyl/N-ethyl adjacent to an activating group) is 1. The Morgan fingerprint density at radius 1 is 1.00 bits per heavy atom. The number of halogens is 1. The fourth-order valence-corrected chi connectivity index (χ4v) is 3.99. The van der Waals surface area contributed by atoms with Gasteiger partial charge in [-0.1, -0.05) is 30.3 Å². The van der Waals surface area contributed by atoms with Crippen LogP contribution in [0.2, 0.25) is 0 Å². The Labute approximate surface area is 208 Å². The fraction of sp³-hybridized carbons (Fsp3) is 0.222. The number of urea groups is 1. The zero-order valence-corrected chi connectivity index (χ0v) is 20.2. The summed E-state index contributed by atoms with van der Waals surface area (Å²) in [5, 5.41) is 5.37. The average molecular weight is 491 g/mol. The molecule has 186 valence electrons. The van der Waals surface area contributed by atoms with Crippen LogP contribution in [-0.2, 0) is 11.2 Å². The summed E-state index contributed by atoms with van der Waals surface area (Å²) in [6.07, 6.45) is -0.733. The van der Waals surface area contributed by atoms with Crippen molar-refractivity contribution in [3.8, 4) is 11.5 Å². The summed E-state index contributed by atoms with van der Waals surface area (Å²) in [5.41, 5.74) is 2.60. The molecular weight excluding hydrogens is 463 g/mol. The van der Waals surface area contributed by atoms with Crippen LogP contribution in [0.25, 0.3) is 0 Å². The lowest BCUT2D eigenvalue weighted by atomic mass is 10.00. The number of amides is 3. The molecule has 0 radical (unpaired) electrons. The Balaban J connectivity index is 1.53. The molecule has 4 rings (SSSR count). The number of hydrogen-bond donors (Lipinski definition) is 2. The van der Waals surface area contributed by atoms with Crippen LogP contribution in [0, 0.1) is 5.82 Å². The maximum Gasteiger partial charge on any atom is 0.316 e. The van der Waals surface area contributed by atoms with Crippen molar-refractivity contribution in [1.82, 2.24) is 10.6 Å². The van der Waals surface area contributed by atoms with Gasteiger partial charge in [0.05, 0.1) is 25.6 Å². The first kappa shape index (κ1) is 24.7. The number of nitrogens with zero attached hydrogens (tertiary/aromatic N) is 2. The van der Waals surface area contributed by atoms with Crippen molar-refractivity contribution in [2.45, 2.75) is 12.6 Å². The van der Waals surface area contributed by atoms with Gasteiger partial charge in [-0.2, -0.15) is 0 Å². The van der Waals surface area contributed by atoms with E-state index in [4.69, 9.17) is 9.47 Å². The molecule has 0 saturated carbocycles. The first-order chi connectivity index (χ1) is 17.4. The molecule has 9 heteroatoms. The van der Waals surface area contributed by atoms with E-state index < -0.39 is 23.9 Å². The number of carbonyl (C=O) groups is 2. The fourth-order valence-electron chi connectivity index (χ4n) is 3.99. The van der Waals surface area contributed by atoms with Gasteiger partial charge >= 0.3 is 6.03 Å². The van der Waals surface area contributed by atoms with Crippen LogP contribution < -0.4 is 25.0 Å². The highest BCUT2D eigenvalue weighted by Gasteiger charge is 2.31. The van der Waals surface area contributed by atoms with E-state index in [-0.39, 0.29) is 11.3 Å². The molecule has 0 aliphatic carbocycles. The number of ether oxygens (including phenoxy) is 2. The van der Waals surface area contributed by atoms with Gasteiger partial charge in [-0.05, 0) is 42.3 Å². The second kappa shape index (κ2) is 10.9. The summed E-state index contributed by atoms with van der Waals surface area (Å²) in [6, 6.07) is 18.2. The normalized spacial score (nSPS) is 14.9. The van der Waals surface area contributed by atoms with Crippen LogP contribution in [-0.4, -0.2) is 51.6 Å². The number of hydrogen-bond acceptors (Lipinski definition) is 5. The van der Waals surface area contributed by atoms with Crippen molar-refractivity contribution in [2.75, 3.05) is 32.7 Å². The molecule has 3 aromatic rings. The van der Waals surface area contributed by atoms with E-state index in [1.807, 2.05) is 12.1 Å². The molecule has 8 nitrogen and oxygen atoms in total. The van der Waals surface area contributed by atoms with E-state index in [0.29, 0.717) is 35.7 Å². The number of nitrogens with one attached hydrogen (secondary N) is 2. The molecule has 0 saturated heterocycles. The van der Waals surface area contributed by atoms with E-state index in [1.54, 1.807) is 69.8 Å². The second-order valence-corrected chi connectivity index (χ2v) is 8.15. The van der Waals surface area contributed by atoms with Crippen molar-refractivity contribution in [3.63, 3.8) is 0 Å². The Bertz CT molecular complexity index is 1290. The zero-order chi connectivity index (χ0) is 25.7. The number of methoxy groups -OCH3 is 2. The van der Waals surface area contributed by atoms with Gasteiger partial charge in [-0.25, -0.2) is 14.2 Å². The molecule has 0 bridgehead atoms. The zero-order valence-electron chi connectivity index (χ0n) is 20.2. The summed E-state index contributed by atoms with van der Waals surface area (Å²) >= 11 is 0. The third kappa shape index (κ3) is 5.30. The minimum absolute atomic E-state index is 0.243. The molecule has 1 aliphatic heterocycles. The smallest absolute Gasteiger partial charge is 0.316 e. The van der Waals surface area contributed by atoms with Gasteiger partial charge in [0, 0.05) is 30.8 Å². The molecule has 3 aromatic carbocycles. The van der Waals surface area contributed by atoms with Crippen molar-refractivity contribution < 1.29 is 23.5 Å². The Morgan fingerprint density at radius 3 is 2.31 bits per heavy atom. The van der Waals surface area contributed by atoms with Crippen molar-refractivity contribution >= 4 is 23.3 Å². The summed E-state index contributed by atoms with van der Waals surface area (Å²) in [5.74, 6) is 0.382. The van der Waals surface area contributed by atoms with Crippen LogP contribution >= 0.6 is 0 Å². The number of rotatable bonds is 7. The first-order valence-corrected chi connectivity index (χ1v) is 11.4. The molecule has 1 heterocycles. The van der Waals surface area contributed by atoms with E-state index in [1.165, 1.54) is 11.0 Å². The maximum absolute atomic E-state index is 14.7. The number of para-hydroxylation sites is 1. The maximum atomic E-state index is 14.7. The minimum Gasteiger partial charge on any atom is -0.497 e. The molecule has 2 N–H and O–H groups in total. The molecule has 1 atom stereocenters. The number of benzodiazepines with no additional fused rings is 1. The Hall–Kier alpha value is -4.40. The minimum atomic E-state index is -1.24. The summed E-state index contributed by atoms with van der Waals surface area (Å²) in [7, 11) is 4.74. The van der Waals surface area contributed by atoms with Gasteiger partial charge in [0.2, 0.25) is 6.17 Å². The second-order valence-electron chi connectivity index (χ2n) is 8.15. The topological polar surface area (TPSA) is 92.3 Å². The molecule has 0 aromatic heterocycles. The molecule has 0 spiro atoms. The van der Waals surface area contributed by atoms with Crippen LogP contribution in [0.15, 0.2) is 71.7 Å². The predicted molar refractivity (Wildman–Crippen MR) is 135 cm³/mol. The highest BCUT2D eigenvalue weighted by Crippen LogP contribution is 2.28. The van der Waals surface area contributed by atoms with E-state index in [9.17, 15) is 14.0 Å².